The Balaban J connectivity index is 2.15. The maximum Gasteiger partial charge on any atom is 0.0925 e. The van der Waals surface area contributed by atoms with E-state index in [9.17, 15) is 5.11 Å². The van der Waals surface area contributed by atoms with Crippen LogP contribution in [-0.4, -0.2) is 11.1 Å². The van der Waals surface area contributed by atoms with Gasteiger partial charge in [-0.15, -0.1) is 11.3 Å². The minimum absolute atomic E-state index is 0.139. The molecule has 0 amide bonds. The molecule has 0 bridgehead atoms. The summed E-state index contributed by atoms with van der Waals surface area (Å²) in [5, 5.41) is 14.0. The molecule has 0 saturated heterocycles. The summed E-state index contributed by atoms with van der Waals surface area (Å²) >= 11 is 1.70. The van der Waals surface area contributed by atoms with Crippen molar-refractivity contribution in [3.63, 3.8) is 0 Å². The Labute approximate surface area is 98.7 Å². The van der Waals surface area contributed by atoms with Gasteiger partial charge in [-0.05, 0) is 36.1 Å². The minimum atomic E-state index is -0.705. The lowest BCUT2D eigenvalue weighted by Crippen LogP contribution is -2.25. The van der Waals surface area contributed by atoms with Gasteiger partial charge in [-0.1, -0.05) is 18.2 Å². The molecule has 3 rings (SSSR count). The Bertz CT molecular complexity index is 521. The lowest BCUT2D eigenvalue weighted by Gasteiger charge is -2.23. The molecule has 1 fully saturated rings. The Hall–Kier alpha value is -0.900. The molecule has 2 unspecified atom stereocenters. The Morgan fingerprint density at radius 3 is 3.00 bits per heavy atom. The molecule has 2 atom stereocenters. The van der Waals surface area contributed by atoms with Crippen molar-refractivity contribution < 1.29 is 5.11 Å². The zero-order valence-electron chi connectivity index (χ0n) is 9.02. The van der Waals surface area contributed by atoms with Gasteiger partial charge in [0.15, 0.2) is 0 Å². The second kappa shape index (κ2) is 3.55. The van der Waals surface area contributed by atoms with E-state index in [2.05, 4.69) is 17.5 Å². The van der Waals surface area contributed by atoms with Crippen molar-refractivity contribution in [3.8, 4) is 0 Å². The van der Waals surface area contributed by atoms with E-state index in [1.807, 2.05) is 12.1 Å². The number of hydrogen-bond acceptors (Lipinski definition) is 3. The topological polar surface area (TPSA) is 46.2 Å². The summed E-state index contributed by atoms with van der Waals surface area (Å²) in [5.41, 5.74) is 6.27. The number of hydrogen-bond donors (Lipinski definition) is 2. The van der Waals surface area contributed by atoms with Gasteiger partial charge in [-0.2, -0.15) is 0 Å². The summed E-state index contributed by atoms with van der Waals surface area (Å²) in [7, 11) is 0. The molecule has 16 heavy (non-hydrogen) atoms. The van der Waals surface area contributed by atoms with E-state index < -0.39 is 5.60 Å². The Morgan fingerprint density at radius 1 is 1.38 bits per heavy atom. The summed E-state index contributed by atoms with van der Waals surface area (Å²) < 4.78 is 1.21. The monoisotopic (exact) mass is 233 g/mol. The molecule has 1 aliphatic rings. The fourth-order valence-corrected chi connectivity index (χ4v) is 3.67. The third kappa shape index (κ3) is 1.47. The number of thiophene rings is 1. The number of benzene rings is 1. The summed E-state index contributed by atoms with van der Waals surface area (Å²) in [4.78, 5) is 0. The van der Waals surface area contributed by atoms with Gasteiger partial charge in [0.1, 0.15) is 0 Å². The smallest absolute Gasteiger partial charge is 0.0925 e. The van der Waals surface area contributed by atoms with Crippen molar-refractivity contribution in [1.82, 2.24) is 0 Å². The van der Waals surface area contributed by atoms with Gasteiger partial charge < -0.3 is 10.8 Å². The van der Waals surface area contributed by atoms with E-state index in [0.29, 0.717) is 6.42 Å². The SMILES string of the molecule is NC1CCC(O)(c2cccc3ccsc23)C1. The van der Waals surface area contributed by atoms with Gasteiger partial charge in [0.2, 0.25) is 0 Å². The minimum Gasteiger partial charge on any atom is -0.385 e. The van der Waals surface area contributed by atoms with Crippen LogP contribution in [0.15, 0.2) is 29.6 Å². The first kappa shape index (κ1) is 10.3. The standard InChI is InChI=1S/C13H15NOS/c14-10-4-6-13(15,8-10)11-3-1-2-9-5-7-16-12(9)11/h1-3,5,7,10,15H,4,6,8,14H2. The molecule has 1 heterocycles. The molecular weight excluding hydrogens is 218 g/mol. The maximum absolute atomic E-state index is 10.7. The van der Waals surface area contributed by atoms with Gasteiger partial charge >= 0.3 is 0 Å². The van der Waals surface area contributed by atoms with E-state index in [1.165, 1.54) is 10.1 Å². The van der Waals surface area contributed by atoms with Crippen molar-refractivity contribution in [1.29, 1.82) is 0 Å². The number of nitrogens with two attached hydrogens (primary N) is 1. The first-order valence-corrected chi connectivity index (χ1v) is 6.52. The molecule has 1 aliphatic carbocycles. The molecular formula is C13H15NOS. The first-order valence-electron chi connectivity index (χ1n) is 5.64. The van der Waals surface area contributed by atoms with Crippen LogP contribution in [0.1, 0.15) is 24.8 Å². The average Bonchev–Trinajstić information content (AvgIpc) is 2.85. The number of fused-ring (bicyclic) bond motifs is 1. The van der Waals surface area contributed by atoms with Crippen LogP contribution in [0.5, 0.6) is 0 Å². The molecule has 84 valence electrons. The summed E-state index contributed by atoms with van der Waals surface area (Å²) in [6, 6.07) is 8.39. The molecule has 3 N–H and O–H groups in total. The quantitative estimate of drug-likeness (QED) is 0.795. The van der Waals surface area contributed by atoms with E-state index in [1.54, 1.807) is 11.3 Å². The third-order valence-corrected chi connectivity index (χ3v) is 4.47. The second-order valence-electron chi connectivity index (χ2n) is 4.68. The molecule has 2 nitrogen and oxygen atoms in total. The highest BCUT2D eigenvalue weighted by molar-refractivity contribution is 7.17. The fraction of sp³-hybridized carbons (Fsp3) is 0.385. The highest BCUT2D eigenvalue weighted by atomic mass is 32.1. The van der Waals surface area contributed by atoms with E-state index in [0.717, 1.165) is 18.4 Å². The highest BCUT2D eigenvalue weighted by Gasteiger charge is 2.38. The predicted molar refractivity (Wildman–Crippen MR) is 67.5 cm³/mol. The molecule has 1 saturated carbocycles. The van der Waals surface area contributed by atoms with E-state index in [-0.39, 0.29) is 6.04 Å². The summed E-state index contributed by atoms with van der Waals surface area (Å²) in [6.45, 7) is 0. The average molecular weight is 233 g/mol. The summed E-state index contributed by atoms with van der Waals surface area (Å²) in [6.07, 6.45) is 2.38. The van der Waals surface area contributed by atoms with Crippen LogP contribution < -0.4 is 5.73 Å². The van der Waals surface area contributed by atoms with Crippen molar-refractivity contribution in [2.24, 2.45) is 5.73 Å². The molecule has 3 heteroatoms. The number of aliphatic hydroxyl groups is 1. The van der Waals surface area contributed by atoms with Gasteiger partial charge in [-0.25, -0.2) is 0 Å². The normalized spacial score (nSPS) is 30.0. The zero-order chi connectivity index (χ0) is 11.2. The van der Waals surface area contributed by atoms with Gasteiger partial charge in [0.05, 0.1) is 5.60 Å². The molecule has 1 aromatic carbocycles. The largest absolute Gasteiger partial charge is 0.385 e. The van der Waals surface area contributed by atoms with Crippen LogP contribution >= 0.6 is 11.3 Å². The fourth-order valence-electron chi connectivity index (χ4n) is 2.67. The summed E-state index contributed by atoms with van der Waals surface area (Å²) in [5.74, 6) is 0. The van der Waals surface area contributed by atoms with Crippen molar-refractivity contribution in [3.05, 3.63) is 35.2 Å². The van der Waals surface area contributed by atoms with E-state index in [4.69, 9.17) is 5.73 Å². The van der Waals surface area contributed by atoms with Crippen LogP contribution in [0.25, 0.3) is 10.1 Å². The first-order chi connectivity index (χ1) is 7.69. The predicted octanol–water partition coefficient (Wildman–Crippen LogP) is 2.60. The molecule has 0 radical (unpaired) electrons. The van der Waals surface area contributed by atoms with Crippen molar-refractivity contribution in [2.75, 3.05) is 0 Å². The van der Waals surface area contributed by atoms with Crippen LogP contribution in [0, 0.1) is 0 Å². The van der Waals surface area contributed by atoms with Gasteiger partial charge in [0.25, 0.3) is 0 Å². The van der Waals surface area contributed by atoms with Crippen LogP contribution in [0.4, 0.5) is 0 Å². The van der Waals surface area contributed by atoms with Crippen molar-refractivity contribution in [2.45, 2.75) is 30.9 Å². The maximum atomic E-state index is 10.7. The van der Waals surface area contributed by atoms with Crippen LogP contribution in [-0.2, 0) is 5.60 Å². The van der Waals surface area contributed by atoms with Crippen LogP contribution in [0.2, 0.25) is 0 Å². The van der Waals surface area contributed by atoms with Gasteiger partial charge in [0, 0.05) is 16.3 Å². The molecule has 0 spiro atoms. The lowest BCUT2D eigenvalue weighted by molar-refractivity contribution is 0.0448. The van der Waals surface area contributed by atoms with Crippen molar-refractivity contribution >= 4 is 21.4 Å². The molecule has 0 aliphatic heterocycles. The molecule has 1 aromatic heterocycles. The number of rotatable bonds is 1. The molecule has 2 aromatic rings. The highest BCUT2D eigenvalue weighted by Crippen LogP contribution is 2.42. The second-order valence-corrected chi connectivity index (χ2v) is 5.60. The zero-order valence-corrected chi connectivity index (χ0v) is 9.83. The Morgan fingerprint density at radius 2 is 2.25 bits per heavy atom. The van der Waals surface area contributed by atoms with E-state index >= 15 is 0 Å². The lowest BCUT2D eigenvalue weighted by atomic mass is 9.91. The van der Waals surface area contributed by atoms with Gasteiger partial charge in [-0.3, -0.25) is 0 Å². The van der Waals surface area contributed by atoms with Crippen LogP contribution in [0.3, 0.4) is 0 Å². The third-order valence-electron chi connectivity index (χ3n) is 3.51. The Kier molecular flexibility index (Phi) is 2.28.